The molecule has 0 unspecified atom stereocenters. The van der Waals surface area contributed by atoms with Crippen LogP contribution in [-0.4, -0.2) is 57.0 Å². The van der Waals surface area contributed by atoms with Crippen LogP contribution in [-0.2, 0) is 16.6 Å². The molecule has 0 radical (unpaired) electrons. The predicted octanol–water partition coefficient (Wildman–Crippen LogP) is 3.72. The summed E-state index contributed by atoms with van der Waals surface area (Å²) in [5.41, 5.74) is 3.03. The highest BCUT2D eigenvalue weighted by atomic mass is 16.5. The topological polar surface area (TPSA) is 114 Å². The first kappa shape index (κ1) is 23.0. The first-order valence-electron chi connectivity index (χ1n) is 10.8. The van der Waals surface area contributed by atoms with Crippen molar-refractivity contribution < 1.29 is 24.2 Å². The van der Waals surface area contributed by atoms with E-state index in [2.05, 4.69) is 22.5 Å². The van der Waals surface area contributed by atoms with Crippen molar-refractivity contribution >= 4 is 23.8 Å². The number of carboxylic acid groups (broad SMARTS) is 1. The number of aryl methyl sites for hydroxylation is 1. The lowest BCUT2D eigenvalue weighted by molar-refractivity contribution is -0.147. The van der Waals surface area contributed by atoms with Gasteiger partial charge in [0.2, 0.25) is 0 Å². The van der Waals surface area contributed by atoms with Crippen LogP contribution in [0.25, 0.3) is 11.1 Å². The molecule has 1 aromatic heterocycles. The number of fused-ring (bicyclic) bond motifs is 3. The van der Waals surface area contributed by atoms with Crippen LogP contribution in [0.5, 0.6) is 0 Å². The van der Waals surface area contributed by atoms with E-state index < -0.39 is 23.5 Å². The second-order valence-electron chi connectivity index (χ2n) is 8.71. The summed E-state index contributed by atoms with van der Waals surface area (Å²) in [5.74, 6) is -1.73. The molecular weight excluding hydrogens is 436 g/mol. The summed E-state index contributed by atoms with van der Waals surface area (Å²) in [4.78, 5) is 38.3. The molecule has 2 amide bonds. The number of hydrogen-bond donors (Lipinski definition) is 2. The molecule has 1 aliphatic rings. The zero-order valence-electron chi connectivity index (χ0n) is 19.4. The number of nitrogens with one attached hydrogen (secondary N) is 1. The second-order valence-corrected chi connectivity index (χ2v) is 8.71. The number of hydrogen-bond acceptors (Lipinski definition) is 5. The molecule has 3 aromatic rings. The smallest absolute Gasteiger partial charge is 0.412 e. The summed E-state index contributed by atoms with van der Waals surface area (Å²) in [7, 11) is 2.96. The zero-order chi connectivity index (χ0) is 24.6. The van der Waals surface area contributed by atoms with Crippen molar-refractivity contribution in [1.29, 1.82) is 0 Å². The van der Waals surface area contributed by atoms with Gasteiger partial charge in [0, 0.05) is 20.0 Å². The maximum atomic E-state index is 13.0. The van der Waals surface area contributed by atoms with Gasteiger partial charge in [-0.25, -0.2) is 9.59 Å². The Labute approximate surface area is 196 Å². The summed E-state index contributed by atoms with van der Waals surface area (Å²) < 4.78 is 6.89. The number of carboxylic acids is 1. The molecule has 0 spiro atoms. The van der Waals surface area contributed by atoms with Crippen LogP contribution in [0.2, 0.25) is 0 Å². The first-order valence-corrected chi connectivity index (χ1v) is 10.8. The van der Waals surface area contributed by atoms with Crippen LogP contribution in [0, 0.1) is 0 Å². The lowest BCUT2D eigenvalue weighted by Crippen LogP contribution is -2.50. The normalized spacial score (nSPS) is 12.6. The van der Waals surface area contributed by atoms with Gasteiger partial charge in [-0.2, -0.15) is 5.10 Å². The largest absolute Gasteiger partial charge is 0.480 e. The highest BCUT2D eigenvalue weighted by Crippen LogP contribution is 2.44. The maximum Gasteiger partial charge on any atom is 0.412 e. The molecule has 2 N–H and O–H groups in total. The van der Waals surface area contributed by atoms with E-state index in [0.717, 1.165) is 27.2 Å². The van der Waals surface area contributed by atoms with E-state index >= 15 is 0 Å². The van der Waals surface area contributed by atoms with E-state index in [-0.39, 0.29) is 23.9 Å². The van der Waals surface area contributed by atoms with Crippen molar-refractivity contribution in [3.8, 4) is 11.1 Å². The number of aromatic nitrogens is 2. The molecule has 9 nitrogen and oxygen atoms in total. The van der Waals surface area contributed by atoms with E-state index in [1.165, 1.54) is 31.8 Å². The summed E-state index contributed by atoms with van der Waals surface area (Å²) >= 11 is 0. The minimum atomic E-state index is -1.45. The van der Waals surface area contributed by atoms with Gasteiger partial charge in [-0.1, -0.05) is 48.5 Å². The molecule has 1 heterocycles. The Balaban J connectivity index is 1.50. The Kier molecular flexibility index (Phi) is 5.87. The molecule has 0 atom stereocenters. The third-order valence-electron chi connectivity index (χ3n) is 6.40. The van der Waals surface area contributed by atoms with Crippen molar-refractivity contribution in [2.75, 3.05) is 19.0 Å². The fourth-order valence-electron chi connectivity index (χ4n) is 4.05. The van der Waals surface area contributed by atoms with E-state index in [0.29, 0.717) is 0 Å². The molecule has 4 rings (SSSR count). The van der Waals surface area contributed by atoms with Gasteiger partial charge in [-0.3, -0.25) is 14.8 Å². The van der Waals surface area contributed by atoms with Crippen LogP contribution in [0.3, 0.4) is 0 Å². The third-order valence-corrected chi connectivity index (χ3v) is 6.40. The average Bonchev–Trinajstić information content (AvgIpc) is 3.34. The Morgan fingerprint density at radius 1 is 1.09 bits per heavy atom. The number of carbonyl (C=O) groups is 3. The van der Waals surface area contributed by atoms with Gasteiger partial charge in [0.15, 0.2) is 0 Å². The Morgan fingerprint density at radius 3 is 2.21 bits per heavy atom. The van der Waals surface area contributed by atoms with Gasteiger partial charge in [-0.05, 0) is 36.1 Å². The molecule has 2 aromatic carbocycles. The molecular formula is C25H26N4O5. The number of rotatable bonds is 6. The third kappa shape index (κ3) is 3.89. The van der Waals surface area contributed by atoms with E-state index in [9.17, 15) is 19.5 Å². The van der Waals surface area contributed by atoms with Crippen molar-refractivity contribution in [3.05, 3.63) is 71.4 Å². The van der Waals surface area contributed by atoms with Crippen LogP contribution in [0.4, 0.5) is 10.6 Å². The summed E-state index contributed by atoms with van der Waals surface area (Å²) in [6.07, 6.45) is 0.551. The van der Waals surface area contributed by atoms with Crippen LogP contribution >= 0.6 is 0 Å². The van der Waals surface area contributed by atoms with E-state index in [4.69, 9.17) is 4.74 Å². The molecule has 9 heteroatoms. The molecule has 0 saturated carbocycles. The number of carbonyl (C=O) groups excluding carboxylic acids is 2. The van der Waals surface area contributed by atoms with E-state index in [1.54, 1.807) is 7.05 Å². The van der Waals surface area contributed by atoms with Crippen molar-refractivity contribution in [2.24, 2.45) is 7.05 Å². The Bertz CT molecular complexity index is 1230. The van der Waals surface area contributed by atoms with Gasteiger partial charge in [0.1, 0.15) is 23.5 Å². The number of anilines is 1. The minimum absolute atomic E-state index is 0.0628. The summed E-state index contributed by atoms with van der Waals surface area (Å²) in [5, 5.41) is 16.1. The number of likely N-dealkylation sites (N-methyl/N-ethyl adjacent to an activating group) is 1. The minimum Gasteiger partial charge on any atom is -0.480 e. The fraction of sp³-hybridized carbons (Fsp3) is 0.280. The quantitative estimate of drug-likeness (QED) is 0.577. The molecule has 34 heavy (non-hydrogen) atoms. The Morgan fingerprint density at radius 2 is 1.65 bits per heavy atom. The molecule has 176 valence electrons. The lowest BCUT2D eigenvalue weighted by atomic mass is 9.98. The fourth-order valence-corrected chi connectivity index (χ4v) is 4.05. The average molecular weight is 463 g/mol. The van der Waals surface area contributed by atoms with Gasteiger partial charge in [0.25, 0.3) is 5.91 Å². The highest BCUT2D eigenvalue weighted by molar-refractivity contribution is 6.03. The van der Waals surface area contributed by atoms with Crippen LogP contribution in [0.15, 0.2) is 54.7 Å². The van der Waals surface area contributed by atoms with Gasteiger partial charge >= 0.3 is 12.1 Å². The zero-order valence-corrected chi connectivity index (χ0v) is 19.4. The number of amides is 2. The van der Waals surface area contributed by atoms with Crippen LogP contribution in [0.1, 0.15) is 41.3 Å². The second kappa shape index (κ2) is 8.66. The van der Waals surface area contributed by atoms with Crippen molar-refractivity contribution in [1.82, 2.24) is 14.7 Å². The highest BCUT2D eigenvalue weighted by Gasteiger charge is 2.37. The molecule has 1 aliphatic carbocycles. The summed E-state index contributed by atoms with van der Waals surface area (Å²) in [6, 6.07) is 16.0. The number of ether oxygens (including phenoxy) is 1. The number of benzene rings is 2. The predicted molar refractivity (Wildman–Crippen MR) is 126 cm³/mol. The van der Waals surface area contributed by atoms with E-state index in [1.807, 2.05) is 36.4 Å². The van der Waals surface area contributed by atoms with Crippen molar-refractivity contribution in [3.63, 3.8) is 0 Å². The van der Waals surface area contributed by atoms with Crippen molar-refractivity contribution in [2.45, 2.75) is 25.3 Å². The number of aliphatic carboxylic acids is 1. The Hall–Kier alpha value is -4.14. The SMILES string of the molecule is CN(C(=O)c1cnn(C)c1NC(=O)OCC1c2ccccc2-c2ccccc21)C(C)(C)C(=O)O. The molecule has 0 bridgehead atoms. The molecule has 0 saturated heterocycles. The summed E-state index contributed by atoms with van der Waals surface area (Å²) in [6.45, 7) is 2.96. The van der Waals surface area contributed by atoms with Crippen LogP contribution < -0.4 is 5.32 Å². The van der Waals surface area contributed by atoms with Gasteiger partial charge < -0.3 is 14.7 Å². The molecule has 0 fully saturated rings. The molecule has 0 aliphatic heterocycles. The first-order chi connectivity index (χ1) is 16.1. The monoisotopic (exact) mass is 462 g/mol. The standard InChI is InChI=1S/C25H26N4O5/c1-25(2,23(31)32)28(3)22(30)19-13-26-29(4)21(19)27-24(33)34-14-20-17-11-7-5-9-15(17)16-10-6-8-12-18(16)20/h5-13,20H,14H2,1-4H3,(H,27,33)(H,31,32). The number of nitrogens with zero attached hydrogens (tertiary/aromatic N) is 3. The van der Waals surface area contributed by atoms with Gasteiger partial charge in [0.05, 0.1) is 6.20 Å². The lowest BCUT2D eigenvalue weighted by Gasteiger charge is -2.31. The van der Waals surface area contributed by atoms with Gasteiger partial charge in [-0.15, -0.1) is 0 Å². The maximum absolute atomic E-state index is 13.0.